The van der Waals surface area contributed by atoms with Gasteiger partial charge in [-0.25, -0.2) is 9.67 Å². The van der Waals surface area contributed by atoms with Crippen molar-refractivity contribution < 1.29 is 14.3 Å². The number of methoxy groups -OCH3 is 2. The minimum absolute atomic E-state index is 0.0729. The topological polar surface area (TPSA) is 81.5 Å². The van der Waals surface area contributed by atoms with Crippen LogP contribution in [0.3, 0.4) is 0 Å². The van der Waals surface area contributed by atoms with E-state index in [4.69, 9.17) is 9.47 Å². The second-order valence-corrected chi connectivity index (χ2v) is 9.06. The molecule has 2 aromatic heterocycles. The van der Waals surface area contributed by atoms with Crippen LogP contribution in [0.5, 0.6) is 11.5 Å². The summed E-state index contributed by atoms with van der Waals surface area (Å²) in [6.07, 6.45) is 5.35. The zero-order valence-electron chi connectivity index (χ0n) is 19.9. The molecule has 3 aromatic rings. The molecule has 0 unspecified atom stereocenters. The van der Waals surface area contributed by atoms with Crippen molar-refractivity contribution in [3.63, 3.8) is 0 Å². The Bertz CT molecular complexity index is 1100. The quantitative estimate of drug-likeness (QED) is 0.566. The average molecular weight is 452 g/mol. The fourth-order valence-corrected chi connectivity index (χ4v) is 4.40. The molecule has 1 N–H and O–H groups in total. The molecule has 0 atom stereocenters. The van der Waals surface area contributed by atoms with Gasteiger partial charge in [0.1, 0.15) is 11.5 Å². The summed E-state index contributed by atoms with van der Waals surface area (Å²) in [5.41, 5.74) is 2.26. The number of fused-ring (bicyclic) bond motifs is 1. The van der Waals surface area contributed by atoms with E-state index in [1.165, 1.54) is 0 Å². The third-order valence-electron chi connectivity index (χ3n) is 6.10. The number of hydrogen-bond donors (Lipinski definition) is 1. The van der Waals surface area contributed by atoms with Gasteiger partial charge in [-0.1, -0.05) is 13.8 Å². The van der Waals surface area contributed by atoms with Crippen molar-refractivity contribution in [2.45, 2.75) is 39.3 Å². The number of benzene rings is 1. The molecule has 0 bridgehead atoms. The fraction of sp³-hybridized carbons (Fsp3) is 0.480. The van der Waals surface area contributed by atoms with Crippen molar-refractivity contribution in [2.75, 3.05) is 33.9 Å². The monoisotopic (exact) mass is 451 g/mol. The van der Waals surface area contributed by atoms with E-state index in [1.54, 1.807) is 26.6 Å². The number of amides is 1. The van der Waals surface area contributed by atoms with Gasteiger partial charge < -0.3 is 19.7 Å². The van der Waals surface area contributed by atoms with Crippen LogP contribution in [0, 0.1) is 5.92 Å². The zero-order valence-corrected chi connectivity index (χ0v) is 19.9. The summed E-state index contributed by atoms with van der Waals surface area (Å²) in [6, 6.07) is 7.78. The summed E-state index contributed by atoms with van der Waals surface area (Å²) in [7, 11) is 3.26. The predicted molar refractivity (Wildman–Crippen MR) is 128 cm³/mol. The molecule has 8 heteroatoms. The molecule has 4 rings (SSSR count). The fourth-order valence-electron chi connectivity index (χ4n) is 4.40. The van der Waals surface area contributed by atoms with E-state index in [2.05, 4.69) is 34.1 Å². The van der Waals surface area contributed by atoms with E-state index in [1.807, 2.05) is 28.9 Å². The molecule has 0 saturated carbocycles. The Morgan fingerprint density at radius 2 is 1.94 bits per heavy atom. The van der Waals surface area contributed by atoms with Crippen molar-refractivity contribution in [3.8, 4) is 11.5 Å². The summed E-state index contributed by atoms with van der Waals surface area (Å²) in [4.78, 5) is 19.9. The van der Waals surface area contributed by atoms with Crippen molar-refractivity contribution >= 4 is 16.9 Å². The van der Waals surface area contributed by atoms with E-state index in [0.717, 1.165) is 60.6 Å². The Morgan fingerprint density at radius 1 is 1.15 bits per heavy atom. The van der Waals surface area contributed by atoms with Gasteiger partial charge >= 0.3 is 0 Å². The lowest BCUT2D eigenvalue weighted by Gasteiger charge is -2.33. The number of ether oxygens (including phenoxy) is 2. The first kappa shape index (κ1) is 23.0. The van der Waals surface area contributed by atoms with E-state index in [0.29, 0.717) is 18.0 Å². The van der Waals surface area contributed by atoms with Crippen LogP contribution in [0.4, 0.5) is 0 Å². The number of nitrogens with one attached hydrogen (secondary N) is 1. The predicted octanol–water partition coefficient (Wildman–Crippen LogP) is 3.35. The molecule has 1 aromatic carbocycles. The molecule has 1 fully saturated rings. The van der Waals surface area contributed by atoms with Crippen LogP contribution in [0.15, 0.2) is 36.7 Å². The summed E-state index contributed by atoms with van der Waals surface area (Å²) < 4.78 is 12.6. The molecular weight excluding hydrogens is 418 g/mol. The molecular formula is C25H33N5O3. The summed E-state index contributed by atoms with van der Waals surface area (Å²) in [5, 5.41) is 8.51. The molecule has 0 radical (unpaired) electrons. The zero-order chi connectivity index (χ0) is 23.4. The third kappa shape index (κ3) is 5.45. The van der Waals surface area contributed by atoms with Gasteiger partial charge in [0.2, 0.25) is 0 Å². The van der Waals surface area contributed by atoms with Crippen LogP contribution in [-0.2, 0) is 6.54 Å². The highest BCUT2D eigenvalue weighted by atomic mass is 16.5. The first-order valence-electron chi connectivity index (χ1n) is 11.5. The van der Waals surface area contributed by atoms with Gasteiger partial charge in [0.15, 0.2) is 5.65 Å². The molecule has 0 aliphatic carbocycles. The lowest BCUT2D eigenvalue weighted by Crippen LogP contribution is -2.45. The molecule has 33 heavy (non-hydrogen) atoms. The summed E-state index contributed by atoms with van der Waals surface area (Å²) in [6.45, 7) is 8.17. The second-order valence-electron chi connectivity index (χ2n) is 9.06. The van der Waals surface area contributed by atoms with E-state index >= 15 is 0 Å². The largest absolute Gasteiger partial charge is 0.497 e. The van der Waals surface area contributed by atoms with Crippen molar-refractivity contribution in [1.29, 1.82) is 0 Å². The number of carbonyl (C=O) groups excluding carboxylic acids is 1. The number of carbonyl (C=O) groups is 1. The molecule has 1 aliphatic heterocycles. The summed E-state index contributed by atoms with van der Waals surface area (Å²) >= 11 is 0. The Hall–Kier alpha value is -3.13. The number of piperidine rings is 1. The van der Waals surface area contributed by atoms with E-state index < -0.39 is 0 Å². The number of hydrogen-bond acceptors (Lipinski definition) is 6. The van der Waals surface area contributed by atoms with Gasteiger partial charge in [-0.2, -0.15) is 5.10 Å². The molecule has 3 heterocycles. The SMILES string of the molecule is COc1ccc(Cn2ncc3cc(C(=O)NC4CCN(CC(C)C)CC4)cnc32)c(OC)c1. The standard InChI is InChI=1S/C25H33N5O3/c1-17(2)15-29-9-7-21(8-10-29)28-25(31)20-11-19-14-27-30(24(19)26-13-20)16-18-5-6-22(32-3)12-23(18)33-4/h5-6,11-14,17,21H,7-10,15-16H2,1-4H3,(H,28,31). The maximum absolute atomic E-state index is 12.8. The minimum Gasteiger partial charge on any atom is -0.497 e. The number of pyridine rings is 1. The maximum Gasteiger partial charge on any atom is 0.253 e. The normalized spacial score (nSPS) is 15.2. The molecule has 1 saturated heterocycles. The van der Waals surface area contributed by atoms with Crippen LogP contribution < -0.4 is 14.8 Å². The number of nitrogens with zero attached hydrogens (tertiary/aromatic N) is 4. The van der Waals surface area contributed by atoms with Gasteiger partial charge in [-0.15, -0.1) is 0 Å². The van der Waals surface area contributed by atoms with Crippen LogP contribution in [0.1, 0.15) is 42.6 Å². The van der Waals surface area contributed by atoms with Crippen molar-refractivity contribution in [1.82, 2.24) is 25.0 Å². The van der Waals surface area contributed by atoms with Gasteiger partial charge in [0.05, 0.1) is 32.5 Å². The number of aromatic nitrogens is 3. The Kier molecular flexibility index (Phi) is 7.13. The van der Waals surface area contributed by atoms with Crippen LogP contribution in [0.2, 0.25) is 0 Å². The molecule has 1 amide bonds. The van der Waals surface area contributed by atoms with Gasteiger partial charge in [0, 0.05) is 48.9 Å². The van der Waals surface area contributed by atoms with Gasteiger partial charge in [0.25, 0.3) is 5.91 Å². The molecule has 8 nitrogen and oxygen atoms in total. The Balaban J connectivity index is 1.42. The minimum atomic E-state index is -0.0729. The van der Waals surface area contributed by atoms with Crippen LogP contribution >= 0.6 is 0 Å². The smallest absolute Gasteiger partial charge is 0.253 e. The average Bonchev–Trinajstić information content (AvgIpc) is 3.22. The second kappa shape index (κ2) is 10.2. The molecule has 0 spiro atoms. The Labute approximate surface area is 194 Å². The molecule has 1 aliphatic rings. The highest BCUT2D eigenvalue weighted by Gasteiger charge is 2.22. The van der Waals surface area contributed by atoms with Crippen LogP contribution in [-0.4, -0.2) is 65.5 Å². The highest BCUT2D eigenvalue weighted by molar-refractivity contribution is 5.97. The molecule has 176 valence electrons. The van der Waals surface area contributed by atoms with Crippen molar-refractivity contribution in [3.05, 3.63) is 47.8 Å². The van der Waals surface area contributed by atoms with Gasteiger partial charge in [-0.05, 0) is 37.0 Å². The first-order chi connectivity index (χ1) is 16.0. The maximum atomic E-state index is 12.8. The van der Waals surface area contributed by atoms with Gasteiger partial charge in [-0.3, -0.25) is 4.79 Å². The number of rotatable bonds is 8. The first-order valence-corrected chi connectivity index (χ1v) is 11.5. The third-order valence-corrected chi connectivity index (χ3v) is 6.10. The number of likely N-dealkylation sites (tertiary alicyclic amines) is 1. The van der Waals surface area contributed by atoms with E-state index in [9.17, 15) is 4.79 Å². The lowest BCUT2D eigenvalue weighted by molar-refractivity contribution is 0.0907. The Morgan fingerprint density at radius 3 is 2.64 bits per heavy atom. The van der Waals surface area contributed by atoms with Crippen molar-refractivity contribution in [2.24, 2.45) is 5.92 Å². The van der Waals surface area contributed by atoms with E-state index in [-0.39, 0.29) is 11.9 Å². The highest BCUT2D eigenvalue weighted by Crippen LogP contribution is 2.26. The van der Waals surface area contributed by atoms with Crippen LogP contribution in [0.25, 0.3) is 11.0 Å². The summed E-state index contributed by atoms with van der Waals surface area (Å²) in [5.74, 6) is 2.06. The lowest BCUT2D eigenvalue weighted by atomic mass is 10.0.